The summed E-state index contributed by atoms with van der Waals surface area (Å²) in [5.41, 5.74) is -0.0503. The Morgan fingerprint density at radius 3 is 2.62 bits per heavy atom. The molecule has 2 saturated heterocycles. The van der Waals surface area contributed by atoms with Gasteiger partial charge in [-0.3, -0.25) is 4.90 Å². The maximum atomic E-state index is 6.31. The average molecular weight is 298 g/mol. The summed E-state index contributed by atoms with van der Waals surface area (Å²) in [6, 6.07) is 1.17. The van der Waals surface area contributed by atoms with Crippen LogP contribution in [0.3, 0.4) is 0 Å². The molecule has 2 fully saturated rings. The van der Waals surface area contributed by atoms with E-state index in [1.54, 1.807) is 7.11 Å². The van der Waals surface area contributed by atoms with Gasteiger partial charge in [-0.1, -0.05) is 6.42 Å². The van der Waals surface area contributed by atoms with Crippen molar-refractivity contribution >= 4 is 0 Å². The third kappa shape index (κ3) is 4.41. The number of methoxy groups -OCH3 is 1. The normalized spacial score (nSPS) is 32.4. The first-order valence-corrected chi connectivity index (χ1v) is 8.51. The van der Waals surface area contributed by atoms with Gasteiger partial charge in [-0.15, -0.1) is 0 Å². The van der Waals surface area contributed by atoms with Crippen molar-refractivity contribution in [1.29, 1.82) is 0 Å². The molecule has 0 saturated carbocycles. The maximum absolute atomic E-state index is 6.31. The van der Waals surface area contributed by atoms with Crippen molar-refractivity contribution in [2.75, 3.05) is 33.4 Å². The molecule has 2 rings (SSSR count). The van der Waals surface area contributed by atoms with Gasteiger partial charge in [0.05, 0.1) is 17.8 Å². The largest absolute Gasteiger partial charge is 0.383 e. The molecule has 124 valence electrons. The third-order valence-corrected chi connectivity index (χ3v) is 4.96. The summed E-state index contributed by atoms with van der Waals surface area (Å²) in [6.07, 6.45) is 5.10. The minimum atomic E-state index is -0.0500. The zero-order chi connectivity index (χ0) is 15.5. The maximum Gasteiger partial charge on any atom is 0.0789 e. The molecule has 0 aliphatic carbocycles. The lowest BCUT2D eigenvalue weighted by Crippen LogP contribution is -2.55. The highest BCUT2D eigenvalue weighted by Gasteiger charge is 2.49. The number of ether oxygens (including phenoxy) is 2. The Morgan fingerprint density at radius 1 is 1.24 bits per heavy atom. The highest BCUT2D eigenvalue weighted by Crippen LogP contribution is 2.41. The summed E-state index contributed by atoms with van der Waals surface area (Å²) < 4.78 is 11.4. The summed E-state index contributed by atoms with van der Waals surface area (Å²) in [5.74, 6) is 0. The van der Waals surface area contributed by atoms with Gasteiger partial charge < -0.3 is 14.8 Å². The molecular weight excluding hydrogens is 264 g/mol. The van der Waals surface area contributed by atoms with E-state index in [9.17, 15) is 0 Å². The fourth-order valence-corrected chi connectivity index (χ4v) is 4.15. The van der Waals surface area contributed by atoms with Crippen molar-refractivity contribution in [2.24, 2.45) is 0 Å². The first-order chi connectivity index (χ1) is 9.86. The molecular formula is C17H34N2O2. The molecule has 0 radical (unpaired) electrons. The Balaban J connectivity index is 1.98. The molecule has 4 nitrogen and oxygen atoms in total. The van der Waals surface area contributed by atoms with Crippen LogP contribution in [0.2, 0.25) is 0 Å². The Labute approximate surface area is 130 Å². The Bertz CT molecular complexity index is 331. The standard InChI is InChI=1S/C17H34N2O2/c1-16(2)12-15(17(3,4)21-16)19-10-7-6-8-14(19)13-18-9-11-20-5/h14-15,18H,6-13H2,1-5H3. The van der Waals surface area contributed by atoms with E-state index in [1.165, 1.54) is 25.8 Å². The SMILES string of the molecule is COCCNCC1CCCCN1C1CC(C)(C)OC1(C)C. The number of hydrogen-bond donors (Lipinski definition) is 1. The van der Waals surface area contributed by atoms with Crippen LogP contribution in [0.15, 0.2) is 0 Å². The number of likely N-dealkylation sites (tertiary alicyclic amines) is 1. The van der Waals surface area contributed by atoms with Gasteiger partial charge >= 0.3 is 0 Å². The molecule has 0 bridgehead atoms. The summed E-state index contributed by atoms with van der Waals surface area (Å²) in [4.78, 5) is 2.72. The number of hydrogen-bond acceptors (Lipinski definition) is 4. The van der Waals surface area contributed by atoms with Gasteiger partial charge in [-0.2, -0.15) is 0 Å². The fourth-order valence-electron chi connectivity index (χ4n) is 4.15. The highest BCUT2D eigenvalue weighted by molar-refractivity contribution is 5.02. The van der Waals surface area contributed by atoms with E-state index in [2.05, 4.69) is 37.9 Å². The van der Waals surface area contributed by atoms with Gasteiger partial charge in [0.2, 0.25) is 0 Å². The first kappa shape index (κ1) is 17.2. The minimum absolute atomic E-state index is 0.000354. The molecule has 4 heteroatoms. The van der Waals surface area contributed by atoms with Crippen LogP contribution in [0.1, 0.15) is 53.4 Å². The zero-order valence-corrected chi connectivity index (χ0v) is 14.6. The average Bonchev–Trinajstić information content (AvgIpc) is 2.63. The number of nitrogens with one attached hydrogen (secondary N) is 1. The van der Waals surface area contributed by atoms with Gasteiger partial charge in [-0.25, -0.2) is 0 Å². The van der Waals surface area contributed by atoms with E-state index in [-0.39, 0.29) is 11.2 Å². The van der Waals surface area contributed by atoms with Gasteiger partial charge in [0.25, 0.3) is 0 Å². The molecule has 0 amide bonds. The Morgan fingerprint density at radius 2 is 2.00 bits per heavy atom. The lowest BCUT2D eigenvalue weighted by Gasteiger charge is -2.44. The van der Waals surface area contributed by atoms with Crippen molar-refractivity contribution in [1.82, 2.24) is 10.2 Å². The predicted molar refractivity (Wildman–Crippen MR) is 86.7 cm³/mol. The number of piperidine rings is 1. The smallest absolute Gasteiger partial charge is 0.0789 e. The van der Waals surface area contributed by atoms with E-state index >= 15 is 0 Å². The molecule has 2 heterocycles. The second kappa shape index (κ2) is 6.95. The first-order valence-electron chi connectivity index (χ1n) is 8.51. The van der Waals surface area contributed by atoms with Crippen molar-refractivity contribution in [3.63, 3.8) is 0 Å². The Kier molecular flexibility index (Phi) is 5.69. The van der Waals surface area contributed by atoms with Gasteiger partial charge in [0, 0.05) is 32.3 Å². The molecule has 2 atom stereocenters. The number of rotatable bonds is 6. The van der Waals surface area contributed by atoms with Crippen LogP contribution in [0, 0.1) is 0 Å². The topological polar surface area (TPSA) is 33.7 Å². The molecule has 2 aliphatic rings. The molecule has 0 aromatic carbocycles. The van der Waals surface area contributed by atoms with Crippen molar-refractivity contribution < 1.29 is 9.47 Å². The summed E-state index contributed by atoms with van der Waals surface area (Å²) >= 11 is 0. The van der Waals surface area contributed by atoms with E-state index in [1.807, 2.05) is 0 Å². The monoisotopic (exact) mass is 298 g/mol. The second-order valence-electron chi connectivity index (χ2n) is 7.77. The van der Waals surface area contributed by atoms with Crippen LogP contribution in [-0.4, -0.2) is 61.5 Å². The van der Waals surface area contributed by atoms with E-state index in [0.717, 1.165) is 26.1 Å². The second-order valence-corrected chi connectivity index (χ2v) is 7.77. The van der Waals surface area contributed by atoms with Crippen LogP contribution < -0.4 is 5.32 Å². The van der Waals surface area contributed by atoms with Gasteiger partial charge in [-0.05, 0) is 53.5 Å². The summed E-state index contributed by atoms with van der Waals surface area (Å²) in [7, 11) is 1.76. The van der Waals surface area contributed by atoms with E-state index < -0.39 is 0 Å². The van der Waals surface area contributed by atoms with Gasteiger partial charge in [0.15, 0.2) is 0 Å². The molecule has 1 N–H and O–H groups in total. The molecule has 21 heavy (non-hydrogen) atoms. The van der Waals surface area contributed by atoms with Gasteiger partial charge in [0.1, 0.15) is 0 Å². The highest BCUT2D eigenvalue weighted by atomic mass is 16.5. The van der Waals surface area contributed by atoms with E-state index in [4.69, 9.17) is 9.47 Å². The Hall–Kier alpha value is -0.160. The lowest BCUT2D eigenvalue weighted by atomic mass is 9.89. The fraction of sp³-hybridized carbons (Fsp3) is 1.00. The van der Waals surface area contributed by atoms with Crippen LogP contribution >= 0.6 is 0 Å². The molecule has 0 spiro atoms. The molecule has 0 aromatic rings. The van der Waals surface area contributed by atoms with Crippen molar-refractivity contribution in [2.45, 2.75) is 76.7 Å². The van der Waals surface area contributed by atoms with Crippen LogP contribution in [0.25, 0.3) is 0 Å². The van der Waals surface area contributed by atoms with Crippen LogP contribution in [0.4, 0.5) is 0 Å². The molecule has 2 aliphatic heterocycles. The van der Waals surface area contributed by atoms with Crippen molar-refractivity contribution in [3.8, 4) is 0 Å². The minimum Gasteiger partial charge on any atom is -0.383 e. The van der Waals surface area contributed by atoms with Crippen molar-refractivity contribution in [3.05, 3.63) is 0 Å². The summed E-state index contributed by atoms with van der Waals surface area (Å²) in [6.45, 7) is 13.0. The quantitative estimate of drug-likeness (QED) is 0.764. The summed E-state index contributed by atoms with van der Waals surface area (Å²) in [5, 5.41) is 3.55. The van der Waals surface area contributed by atoms with Crippen LogP contribution in [0.5, 0.6) is 0 Å². The zero-order valence-electron chi connectivity index (χ0n) is 14.6. The number of nitrogens with zero attached hydrogens (tertiary/aromatic N) is 1. The lowest BCUT2D eigenvalue weighted by molar-refractivity contribution is -0.0865. The predicted octanol–water partition coefficient (Wildman–Crippen LogP) is 2.42. The third-order valence-electron chi connectivity index (χ3n) is 4.96. The van der Waals surface area contributed by atoms with Crippen LogP contribution in [-0.2, 0) is 9.47 Å². The molecule has 2 unspecified atom stereocenters. The van der Waals surface area contributed by atoms with E-state index in [0.29, 0.717) is 12.1 Å². The molecule has 0 aromatic heterocycles.